The molecule has 1 aliphatic rings. The largest absolute Gasteiger partial charge is 0.490 e. The summed E-state index contributed by atoms with van der Waals surface area (Å²) in [5.74, 6) is 1.93. The van der Waals surface area contributed by atoms with Crippen LogP contribution in [-0.2, 0) is 0 Å². The Bertz CT molecular complexity index is 572. The number of nitrogens with one attached hydrogen (secondary N) is 1. The van der Waals surface area contributed by atoms with E-state index in [4.69, 9.17) is 9.15 Å². The normalized spacial score (nSPS) is 16.1. The molecule has 3 nitrogen and oxygen atoms in total. The van der Waals surface area contributed by atoms with Crippen LogP contribution in [0.1, 0.15) is 42.7 Å². The number of hydrogen-bond acceptors (Lipinski definition) is 3. The lowest BCUT2D eigenvalue weighted by molar-refractivity contribution is 0.302. The fourth-order valence-electron chi connectivity index (χ4n) is 2.45. The minimum atomic E-state index is 0.154. The van der Waals surface area contributed by atoms with Gasteiger partial charge >= 0.3 is 0 Å². The van der Waals surface area contributed by atoms with E-state index in [1.165, 1.54) is 24.0 Å². The number of hydrogen-bond donors (Lipinski definition) is 1. The summed E-state index contributed by atoms with van der Waals surface area (Å²) in [7, 11) is 0. The zero-order valence-corrected chi connectivity index (χ0v) is 12.1. The Labute approximate surface area is 119 Å². The number of ether oxygens (including phenoxy) is 1. The molecule has 1 aromatic carbocycles. The van der Waals surface area contributed by atoms with Crippen LogP contribution in [-0.4, -0.2) is 12.6 Å². The second kappa shape index (κ2) is 5.71. The molecule has 0 amide bonds. The Morgan fingerprint density at radius 1 is 1.35 bits per heavy atom. The van der Waals surface area contributed by atoms with E-state index in [2.05, 4.69) is 30.4 Å². The third-order valence-electron chi connectivity index (χ3n) is 3.64. The zero-order chi connectivity index (χ0) is 13.9. The maximum atomic E-state index is 5.89. The Morgan fingerprint density at radius 3 is 2.85 bits per heavy atom. The van der Waals surface area contributed by atoms with Crippen LogP contribution in [0.15, 0.2) is 41.0 Å². The van der Waals surface area contributed by atoms with Crippen molar-refractivity contribution in [3.63, 3.8) is 0 Å². The van der Waals surface area contributed by atoms with Gasteiger partial charge in [-0.15, -0.1) is 0 Å². The highest BCUT2D eigenvalue weighted by Gasteiger charge is 2.24. The maximum Gasteiger partial charge on any atom is 0.120 e. The molecule has 3 rings (SSSR count). The highest BCUT2D eigenvalue weighted by Crippen LogP contribution is 2.31. The topological polar surface area (TPSA) is 34.4 Å². The average molecular weight is 271 g/mol. The van der Waals surface area contributed by atoms with E-state index in [1.807, 2.05) is 19.1 Å². The van der Waals surface area contributed by atoms with Gasteiger partial charge in [-0.25, -0.2) is 0 Å². The first kappa shape index (κ1) is 13.3. The molecule has 106 valence electrons. The molecule has 1 saturated carbocycles. The highest BCUT2D eigenvalue weighted by molar-refractivity contribution is 5.37. The van der Waals surface area contributed by atoms with Crippen molar-refractivity contribution in [2.24, 2.45) is 0 Å². The van der Waals surface area contributed by atoms with Gasteiger partial charge in [-0.05, 0) is 50.1 Å². The standard InChI is InChI=1S/C17H21NO2/c1-3-18-17(16-9-10-19-12(16)2)13-5-4-6-15(11-13)20-14-7-8-14/h4-6,9-11,14,17-18H,3,7-8H2,1-2H3. The van der Waals surface area contributed by atoms with Crippen LogP contribution < -0.4 is 10.1 Å². The molecule has 0 spiro atoms. The molecule has 0 saturated heterocycles. The van der Waals surface area contributed by atoms with E-state index in [-0.39, 0.29) is 6.04 Å². The molecule has 1 heterocycles. The molecule has 3 heteroatoms. The van der Waals surface area contributed by atoms with E-state index in [0.717, 1.165) is 18.1 Å². The molecule has 0 radical (unpaired) electrons. The molecule has 2 aromatic rings. The van der Waals surface area contributed by atoms with Crippen molar-refractivity contribution < 1.29 is 9.15 Å². The van der Waals surface area contributed by atoms with Crippen LogP contribution in [0.25, 0.3) is 0 Å². The molecule has 1 aromatic heterocycles. The van der Waals surface area contributed by atoms with Gasteiger partial charge in [-0.2, -0.15) is 0 Å². The fraction of sp³-hybridized carbons (Fsp3) is 0.412. The van der Waals surface area contributed by atoms with Gasteiger partial charge in [0.15, 0.2) is 0 Å². The van der Waals surface area contributed by atoms with Crippen LogP contribution >= 0.6 is 0 Å². The molecule has 20 heavy (non-hydrogen) atoms. The van der Waals surface area contributed by atoms with Gasteiger partial charge < -0.3 is 14.5 Å². The van der Waals surface area contributed by atoms with Gasteiger partial charge in [-0.3, -0.25) is 0 Å². The summed E-state index contributed by atoms with van der Waals surface area (Å²) in [6.07, 6.45) is 4.54. The van der Waals surface area contributed by atoms with Gasteiger partial charge in [0.25, 0.3) is 0 Å². The third kappa shape index (κ3) is 2.88. The summed E-state index contributed by atoms with van der Waals surface area (Å²) in [5, 5.41) is 3.52. The van der Waals surface area contributed by atoms with Gasteiger partial charge in [0.1, 0.15) is 11.5 Å². The van der Waals surface area contributed by atoms with Gasteiger partial charge in [0, 0.05) is 5.56 Å². The highest BCUT2D eigenvalue weighted by atomic mass is 16.5. The van der Waals surface area contributed by atoms with E-state index < -0.39 is 0 Å². The summed E-state index contributed by atoms with van der Waals surface area (Å²) < 4.78 is 11.3. The van der Waals surface area contributed by atoms with Crippen molar-refractivity contribution in [3.8, 4) is 5.75 Å². The average Bonchev–Trinajstić information content (AvgIpc) is 3.16. The summed E-state index contributed by atoms with van der Waals surface area (Å²) >= 11 is 0. The molecule has 0 bridgehead atoms. The lowest BCUT2D eigenvalue weighted by Gasteiger charge is -2.19. The van der Waals surface area contributed by atoms with Crippen LogP contribution in [0.2, 0.25) is 0 Å². The number of aryl methyl sites for hydroxylation is 1. The Balaban J connectivity index is 1.88. The number of benzene rings is 1. The first-order chi connectivity index (χ1) is 9.78. The van der Waals surface area contributed by atoms with Crippen LogP contribution in [0.5, 0.6) is 5.75 Å². The third-order valence-corrected chi connectivity index (χ3v) is 3.64. The van der Waals surface area contributed by atoms with E-state index >= 15 is 0 Å². The summed E-state index contributed by atoms with van der Waals surface area (Å²) in [5.41, 5.74) is 2.41. The van der Waals surface area contributed by atoms with Crippen molar-refractivity contribution in [3.05, 3.63) is 53.5 Å². The molecule has 1 atom stereocenters. The van der Waals surface area contributed by atoms with Crippen LogP contribution in [0.4, 0.5) is 0 Å². The van der Waals surface area contributed by atoms with Crippen molar-refractivity contribution in [1.82, 2.24) is 5.32 Å². The second-order valence-electron chi connectivity index (χ2n) is 5.31. The minimum Gasteiger partial charge on any atom is -0.490 e. The molecule has 1 N–H and O–H groups in total. The molecular weight excluding hydrogens is 250 g/mol. The fourth-order valence-corrected chi connectivity index (χ4v) is 2.45. The number of furan rings is 1. The Kier molecular flexibility index (Phi) is 3.79. The van der Waals surface area contributed by atoms with Crippen molar-refractivity contribution >= 4 is 0 Å². The van der Waals surface area contributed by atoms with Crippen LogP contribution in [0.3, 0.4) is 0 Å². The SMILES string of the molecule is CCNC(c1cccc(OC2CC2)c1)c1ccoc1C. The smallest absolute Gasteiger partial charge is 0.120 e. The van der Waals surface area contributed by atoms with Crippen molar-refractivity contribution in [2.75, 3.05) is 6.54 Å². The van der Waals surface area contributed by atoms with E-state index in [9.17, 15) is 0 Å². The molecule has 1 aliphatic carbocycles. The quantitative estimate of drug-likeness (QED) is 0.867. The first-order valence-electron chi connectivity index (χ1n) is 7.32. The summed E-state index contributed by atoms with van der Waals surface area (Å²) in [4.78, 5) is 0. The monoisotopic (exact) mass is 271 g/mol. The Hall–Kier alpha value is -1.74. The zero-order valence-electron chi connectivity index (χ0n) is 12.1. The Morgan fingerprint density at radius 2 is 2.20 bits per heavy atom. The van der Waals surface area contributed by atoms with Crippen LogP contribution in [0, 0.1) is 6.92 Å². The first-order valence-corrected chi connectivity index (χ1v) is 7.32. The van der Waals surface area contributed by atoms with Crippen molar-refractivity contribution in [2.45, 2.75) is 38.8 Å². The molecule has 1 unspecified atom stereocenters. The van der Waals surface area contributed by atoms with E-state index in [0.29, 0.717) is 6.10 Å². The minimum absolute atomic E-state index is 0.154. The van der Waals surface area contributed by atoms with Gasteiger partial charge in [0.05, 0.1) is 18.4 Å². The predicted molar refractivity (Wildman–Crippen MR) is 79.1 cm³/mol. The summed E-state index contributed by atoms with van der Waals surface area (Å²) in [6, 6.07) is 10.6. The lowest BCUT2D eigenvalue weighted by atomic mass is 9.99. The van der Waals surface area contributed by atoms with Gasteiger partial charge in [0.2, 0.25) is 0 Å². The lowest BCUT2D eigenvalue weighted by Crippen LogP contribution is -2.22. The molecule has 1 fully saturated rings. The predicted octanol–water partition coefficient (Wildman–Crippen LogP) is 3.83. The van der Waals surface area contributed by atoms with Crippen molar-refractivity contribution in [1.29, 1.82) is 0 Å². The second-order valence-corrected chi connectivity index (χ2v) is 5.31. The number of rotatable bonds is 6. The van der Waals surface area contributed by atoms with E-state index in [1.54, 1.807) is 6.26 Å². The maximum absolute atomic E-state index is 5.89. The summed E-state index contributed by atoms with van der Waals surface area (Å²) in [6.45, 7) is 5.03. The van der Waals surface area contributed by atoms with Gasteiger partial charge in [-0.1, -0.05) is 19.1 Å². The molecule has 0 aliphatic heterocycles. The molecular formula is C17H21NO2.